The van der Waals surface area contributed by atoms with Gasteiger partial charge in [-0.1, -0.05) is 6.92 Å². The van der Waals surface area contributed by atoms with Crippen LogP contribution in [0, 0.1) is 5.92 Å². The highest BCUT2D eigenvalue weighted by Crippen LogP contribution is 2.37. The van der Waals surface area contributed by atoms with Crippen LogP contribution in [0.3, 0.4) is 0 Å². The average molecular weight is 460 g/mol. The molecule has 1 aliphatic rings. The number of aromatic nitrogens is 1. The van der Waals surface area contributed by atoms with Crippen molar-refractivity contribution in [2.45, 2.75) is 25.8 Å². The van der Waals surface area contributed by atoms with Crippen molar-refractivity contribution in [2.24, 2.45) is 5.92 Å². The fraction of sp³-hybridized carbons (Fsp3) is 0.381. The third-order valence-electron chi connectivity index (χ3n) is 5.16. The van der Waals surface area contributed by atoms with Gasteiger partial charge in [0, 0.05) is 30.9 Å². The first-order valence-electron chi connectivity index (χ1n) is 10.1. The van der Waals surface area contributed by atoms with Crippen molar-refractivity contribution in [3.8, 4) is 0 Å². The molecule has 2 atom stereocenters. The van der Waals surface area contributed by atoms with Crippen LogP contribution in [0.1, 0.15) is 50.7 Å². The molecular weight excluding hydrogens is 434 g/mol. The molecule has 170 valence electrons. The zero-order valence-electron chi connectivity index (χ0n) is 18.0. The van der Waals surface area contributed by atoms with E-state index in [1.807, 2.05) is 6.92 Å². The molecule has 1 aliphatic heterocycles. The normalized spacial score (nSPS) is 18.0. The lowest BCUT2D eigenvalue weighted by molar-refractivity contribution is -0.194. The first kappa shape index (κ1) is 23.4. The molecule has 11 heteroatoms. The highest BCUT2D eigenvalue weighted by molar-refractivity contribution is 7.14. The van der Waals surface area contributed by atoms with Crippen LogP contribution in [0.5, 0.6) is 0 Å². The summed E-state index contributed by atoms with van der Waals surface area (Å²) < 4.78 is 0. The molecule has 32 heavy (non-hydrogen) atoms. The van der Waals surface area contributed by atoms with E-state index in [-0.39, 0.29) is 23.4 Å². The summed E-state index contributed by atoms with van der Waals surface area (Å²) in [5.41, 5.74) is 2.49. The summed E-state index contributed by atoms with van der Waals surface area (Å²) in [4.78, 5) is 62.0. The number of carbonyl (C=O) groups excluding carboxylic acids is 4. The Morgan fingerprint density at radius 2 is 1.97 bits per heavy atom. The molecule has 0 aromatic carbocycles. The highest BCUT2D eigenvalue weighted by atomic mass is 32.1. The fourth-order valence-electron chi connectivity index (χ4n) is 3.49. The first-order chi connectivity index (χ1) is 15.3. The first-order valence-corrected chi connectivity index (χ1v) is 10.9. The van der Waals surface area contributed by atoms with Gasteiger partial charge in [-0.3, -0.25) is 29.0 Å². The number of amides is 4. The maximum atomic E-state index is 13.2. The van der Waals surface area contributed by atoms with Gasteiger partial charge in [-0.2, -0.15) is 0 Å². The summed E-state index contributed by atoms with van der Waals surface area (Å²) in [6, 6.07) is 6.26. The van der Waals surface area contributed by atoms with Crippen molar-refractivity contribution in [3.05, 3.63) is 52.0 Å². The van der Waals surface area contributed by atoms with Crippen LogP contribution in [-0.4, -0.2) is 59.4 Å². The number of carbonyl (C=O) groups is 4. The number of pyridine rings is 1. The number of nitrogens with zero attached hydrogens (tertiary/aromatic N) is 3. The lowest BCUT2D eigenvalue weighted by atomic mass is 9.93. The summed E-state index contributed by atoms with van der Waals surface area (Å²) in [5.74, 6) is -2.47. The van der Waals surface area contributed by atoms with Crippen molar-refractivity contribution < 1.29 is 24.0 Å². The minimum atomic E-state index is -1.02. The smallest absolute Gasteiger partial charge is 0.354 e. The molecule has 10 nitrogen and oxygen atoms in total. The van der Waals surface area contributed by atoms with Crippen molar-refractivity contribution in [3.63, 3.8) is 0 Å². The number of likely N-dealkylation sites (tertiary alicyclic amines) is 1. The Balaban J connectivity index is 1.78. The Bertz CT molecular complexity index is 995. The zero-order chi connectivity index (χ0) is 23.3. The largest absolute Gasteiger partial charge is 0.355 e. The molecule has 0 aliphatic carbocycles. The second-order valence-electron chi connectivity index (χ2n) is 7.40. The summed E-state index contributed by atoms with van der Waals surface area (Å²) in [7, 11) is 2.73. The van der Waals surface area contributed by atoms with E-state index in [4.69, 9.17) is 4.84 Å². The van der Waals surface area contributed by atoms with Crippen LogP contribution in [0.15, 0.2) is 36.7 Å². The van der Waals surface area contributed by atoms with E-state index in [9.17, 15) is 19.2 Å². The van der Waals surface area contributed by atoms with Crippen LogP contribution < -0.4 is 10.7 Å². The van der Waals surface area contributed by atoms with Gasteiger partial charge in [-0.15, -0.1) is 16.5 Å². The lowest BCUT2D eigenvalue weighted by Crippen LogP contribution is -2.54. The van der Waals surface area contributed by atoms with Crippen molar-refractivity contribution in [1.29, 1.82) is 0 Å². The van der Waals surface area contributed by atoms with Gasteiger partial charge >= 0.3 is 11.8 Å². The molecule has 2 N–H and O–H groups in total. The summed E-state index contributed by atoms with van der Waals surface area (Å²) in [6.45, 7) is 2.38. The van der Waals surface area contributed by atoms with E-state index in [0.29, 0.717) is 23.0 Å². The van der Waals surface area contributed by atoms with E-state index >= 15 is 0 Å². The molecule has 0 saturated carbocycles. The molecule has 3 heterocycles. The number of hydrogen-bond acceptors (Lipinski definition) is 7. The standard InChI is InChI=1S/C21H25N5O5S/c1-13-6-7-15(16-8-9-17(32-16)19(28)22-2)25(12-13)20(29)21(30)26(31-3)24-18(27)14-5-4-10-23-11-14/h4-5,8-11,13,15H,6-7,12H2,1-3H3,(H,22,28)(H,24,27)/t13-,15+/m1/s1. The molecule has 1 fully saturated rings. The Labute approximate surface area is 189 Å². The minimum absolute atomic E-state index is 0.197. The lowest BCUT2D eigenvalue weighted by Gasteiger charge is -2.38. The van der Waals surface area contributed by atoms with Crippen LogP contribution in [0.4, 0.5) is 0 Å². The average Bonchev–Trinajstić information content (AvgIpc) is 3.31. The van der Waals surface area contributed by atoms with Crippen LogP contribution in [-0.2, 0) is 14.4 Å². The Kier molecular flexibility index (Phi) is 7.54. The van der Waals surface area contributed by atoms with Crippen molar-refractivity contribution >= 4 is 35.0 Å². The number of thiophene rings is 1. The maximum absolute atomic E-state index is 13.2. The van der Waals surface area contributed by atoms with Gasteiger partial charge < -0.3 is 10.2 Å². The number of rotatable bonds is 4. The minimum Gasteiger partial charge on any atom is -0.354 e. The van der Waals surface area contributed by atoms with E-state index in [2.05, 4.69) is 15.7 Å². The molecular formula is C21H25N5O5S. The molecule has 0 unspecified atom stereocenters. The molecule has 0 radical (unpaired) electrons. The predicted octanol–water partition coefficient (Wildman–Crippen LogP) is 1.54. The van der Waals surface area contributed by atoms with Gasteiger partial charge in [0.05, 0.1) is 23.6 Å². The Morgan fingerprint density at radius 3 is 2.62 bits per heavy atom. The third-order valence-corrected chi connectivity index (χ3v) is 6.35. The Hall–Kier alpha value is -3.31. The summed E-state index contributed by atoms with van der Waals surface area (Å²) >= 11 is 1.29. The van der Waals surface area contributed by atoms with Crippen molar-refractivity contribution in [2.75, 3.05) is 20.7 Å². The monoisotopic (exact) mass is 459 g/mol. The highest BCUT2D eigenvalue weighted by Gasteiger charge is 2.37. The Morgan fingerprint density at radius 1 is 1.19 bits per heavy atom. The maximum Gasteiger partial charge on any atom is 0.355 e. The predicted molar refractivity (Wildman–Crippen MR) is 116 cm³/mol. The quantitative estimate of drug-likeness (QED) is 0.529. The van der Waals surface area contributed by atoms with Gasteiger partial charge in [0.15, 0.2) is 0 Å². The van der Waals surface area contributed by atoms with Crippen LogP contribution >= 0.6 is 11.3 Å². The topological polar surface area (TPSA) is 121 Å². The summed E-state index contributed by atoms with van der Waals surface area (Å²) in [5, 5.41) is 3.11. The van der Waals surface area contributed by atoms with Gasteiger partial charge in [-0.25, -0.2) is 5.43 Å². The van der Waals surface area contributed by atoms with E-state index in [1.165, 1.54) is 41.8 Å². The van der Waals surface area contributed by atoms with Crippen LogP contribution in [0.25, 0.3) is 0 Å². The molecule has 2 aromatic heterocycles. The summed E-state index contributed by atoms with van der Waals surface area (Å²) in [6.07, 6.45) is 4.38. The molecule has 3 rings (SSSR count). The number of piperidine rings is 1. The van der Waals surface area contributed by atoms with Crippen LogP contribution in [0.2, 0.25) is 0 Å². The number of hydroxylamine groups is 1. The van der Waals surface area contributed by atoms with E-state index < -0.39 is 17.7 Å². The van der Waals surface area contributed by atoms with Gasteiger partial charge in [0.2, 0.25) is 0 Å². The number of hydrogen-bond donors (Lipinski definition) is 2. The van der Waals surface area contributed by atoms with E-state index in [1.54, 1.807) is 25.2 Å². The third kappa shape index (κ3) is 5.11. The molecule has 2 aromatic rings. The SMILES string of the molecule is CNC(=O)c1ccc([C@@H]2CC[C@@H](C)CN2C(=O)C(=O)N(NC(=O)c2cccnc2)OC)s1. The van der Waals surface area contributed by atoms with Gasteiger partial charge in [0.1, 0.15) is 0 Å². The zero-order valence-corrected chi connectivity index (χ0v) is 18.8. The van der Waals surface area contributed by atoms with Crippen molar-refractivity contribution in [1.82, 2.24) is 25.8 Å². The van der Waals surface area contributed by atoms with Gasteiger partial charge in [-0.05, 0) is 43.0 Å². The molecule has 0 bridgehead atoms. The molecule has 1 saturated heterocycles. The second kappa shape index (κ2) is 10.3. The number of nitrogens with one attached hydrogen (secondary N) is 2. The fourth-order valence-corrected chi connectivity index (χ4v) is 4.59. The number of hydrazine groups is 1. The molecule has 0 spiro atoms. The van der Waals surface area contributed by atoms with E-state index in [0.717, 1.165) is 11.3 Å². The van der Waals surface area contributed by atoms with Gasteiger partial charge in [0.25, 0.3) is 11.8 Å². The second-order valence-corrected chi connectivity index (χ2v) is 8.52. The molecule has 4 amide bonds.